The van der Waals surface area contributed by atoms with Crippen molar-refractivity contribution in [1.82, 2.24) is 4.90 Å². The monoisotopic (exact) mass is 235 g/mol. The second kappa shape index (κ2) is 6.40. The van der Waals surface area contributed by atoms with Gasteiger partial charge in [0.1, 0.15) is 0 Å². The van der Waals surface area contributed by atoms with E-state index < -0.39 is 5.97 Å². The Morgan fingerprint density at radius 3 is 2.35 bits per heavy atom. The van der Waals surface area contributed by atoms with Gasteiger partial charge in [-0.15, -0.1) is 0 Å². The van der Waals surface area contributed by atoms with Crippen LogP contribution in [0.2, 0.25) is 0 Å². The highest BCUT2D eigenvalue weighted by Gasteiger charge is 2.03. The normalized spacial score (nSPS) is 10.8. The van der Waals surface area contributed by atoms with Crippen LogP contribution in [0.4, 0.5) is 0 Å². The fourth-order valence-corrected chi connectivity index (χ4v) is 2.05. The highest BCUT2D eigenvalue weighted by atomic mass is 16.4. The number of aryl methyl sites for hydroxylation is 2. The zero-order valence-electron chi connectivity index (χ0n) is 10.9. The van der Waals surface area contributed by atoms with E-state index in [0.717, 1.165) is 13.1 Å². The number of nitrogens with zero attached hydrogens (tertiary/aromatic N) is 1. The molecule has 0 aliphatic rings. The first kappa shape index (κ1) is 13.7. The minimum atomic E-state index is -0.718. The number of hydrogen-bond acceptors (Lipinski definition) is 2. The van der Waals surface area contributed by atoms with E-state index in [-0.39, 0.29) is 6.42 Å². The molecular weight excluding hydrogens is 214 g/mol. The molecule has 1 rings (SSSR count). The van der Waals surface area contributed by atoms with Gasteiger partial charge in [-0.05, 0) is 39.4 Å². The van der Waals surface area contributed by atoms with Crippen LogP contribution in [0.25, 0.3) is 0 Å². The summed E-state index contributed by atoms with van der Waals surface area (Å²) in [5.74, 6) is -0.718. The molecule has 0 fully saturated rings. The Morgan fingerprint density at radius 1 is 1.24 bits per heavy atom. The molecule has 0 aliphatic carbocycles. The van der Waals surface area contributed by atoms with E-state index in [9.17, 15) is 4.79 Å². The van der Waals surface area contributed by atoms with Gasteiger partial charge in [-0.3, -0.25) is 4.79 Å². The van der Waals surface area contributed by atoms with E-state index in [1.54, 1.807) is 0 Å². The number of hydrogen-bond donors (Lipinski definition) is 1. The van der Waals surface area contributed by atoms with Crippen molar-refractivity contribution in [2.75, 3.05) is 13.6 Å². The number of rotatable bonds is 6. The van der Waals surface area contributed by atoms with Crippen molar-refractivity contribution in [3.8, 4) is 0 Å². The summed E-state index contributed by atoms with van der Waals surface area (Å²) in [7, 11) is 2.03. The SMILES string of the molecule is Cc1cc(C)cc(CN(C)CCCC(=O)O)c1. The highest BCUT2D eigenvalue weighted by molar-refractivity contribution is 5.66. The molecule has 17 heavy (non-hydrogen) atoms. The molecular formula is C14H21NO2. The molecule has 0 aromatic heterocycles. The summed E-state index contributed by atoms with van der Waals surface area (Å²) in [6.07, 6.45) is 0.952. The van der Waals surface area contributed by atoms with Crippen molar-refractivity contribution in [1.29, 1.82) is 0 Å². The van der Waals surface area contributed by atoms with Gasteiger partial charge in [-0.1, -0.05) is 29.3 Å². The summed E-state index contributed by atoms with van der Waals surface area (Å²) >= 11 is 0. The molecule has 0 heterocycles. The quantitative estimate of drug-likeness (QED) is 0.824. The summed E-state index contributed by atoms with van der Waals surface area (Å²) in [5.41, 5.74) is 3.85. The number of carboxylic acid groups (broad SMARTS) is 1. The zero-order valence-corrected chi connectivity index (χ0v) is 10.9. The lowest BCUT2D eigenvalue weighted by molar-refractivity contribution is -0.137. The van der Waals surface area contributed by atoms with Gasteiger partial charge < -0.3 is 10.0 Å². The lowest BCUT2D eigenvalue weighted by Gasteiger charge is -2.16. The van der Waals surface area contributed by atoms with Crippen LogP contribution in [0.1, 0.15) is 29.5 Å². The summed E-state index contributed by atoms with van der Waals surface area (Å²) in [6.45, 7) is 5.89. The van der Waals surface area contributed by atoms with E-state index in [4.69, 9.17) is 5.11 Å². The van der Waals surface area contributed by atoms with Crippen LogP contribution >= 0.6 is 0 Å². The molecule has 0 aliphatic heterocycles. The largest absolute Gasteiger partial charge is 0.481 e. The topological polar surface area (TPSA) is 40.5 Å². The van der Waals surface area contributed by atoms with Crippen LogP contribution in [0.15, 0.2) is 18.2 Å². The smallest absolute Gasteiger partial charge is 0.303 e. The van der Waals surface area contributed by atoms with Crippen LogP contribution in [-0.4, -0.2) is 29.6 Å². The summed E-state index contributed by atoms with van der Waals surface area (Å²) in [5, 5.41) is 8.57. The standard InChI is InChI=1S/C14H21NO2/c1-11-7-12(2)9-13(8-11)10-15(3)6-4-5-14(16)17/h7-9H,4-6,10H2,1-3H3,(H,16,17). The van der Waals surface area contributed by atoms with Gasteiger partial charge in [0, 0.05) is 13.0 Å². The van der Waals surface area contributed by atoms with Crippen molar-refractivity contribution >= 4 is 5.97 Å². The van der Waals surface area contributed by atoms with E-state index >= 15 is 0 Å². The minimum absolute atomic E-state index is 0.247. The van der Waals surface area contributed by atoms with E-state index in [1.165, 1.54) is 16.7 Å². The van der Waals surface area contributed by atoms with Crippen LogP contribution in [0.5, 0.6) is 0 Å². The van der Waals surface area contributed by atoms with Gasteiger partial charge in [0.2, 0.25) is 0 Å². The van der Waals surface area contributed by atoms with Crippen molar-refractivity contribution in [2.45, 2.75) is 33.2 Å². The Bertz CT molecular complexity index is 368. The average Bonchev–Trinajstić information content (AvgIpc) is 2.14. The van der Waals surface area contributed by atoms with Crippen LogP contribution in [0.3, 0.4) is 0 Å². The molecule has 0 unspecified atom stereocenters. The molecule has 0 atom stereocenters. The third-order valence-electron chi connectivity index (χ3n) is 2.66. The van der Waals surface area contributed by atoms with Crippen LogP contribution in [0, 0.1) is 13.8 Å². The van der Waals surface area contributed by atoms with Crippen LogP contribution < -0.4 is 0 Å². The molecule has 0 saturated carbocycles. The Morgan fingerprint density at radius 2 is 1.82 bits per heavy atom. The lowest BCUT2D eigenvalue weighted by atomic mass is 10.1. The molecule has 1 N–H and O–H groups in total. The first-order valence-corrected chi connectivity index (χ1v) is 5.95. The molecule has 1 aromatic rings. The fourth-order valence-electron chi connectivity index (χ4n) is 2.05. The molecule has 94 valence electrons. The predicted molar refractivity (Wildman–Crippen MR) is 69.1 cm³/mol. The Hall–Kier alpha value is -1.35. The maximum absolute atomic E-state index is 10.4. The molecule has 3 nitrogen and oxygen atoms in total. The predicted octanol–water partition coefficient (Wildman–Crippen LogP) is 2.60. The van der Waals surface area contributed by atoms with Gasteiger partial charge in [0.25, 0.3) is 0 Å². The average molecular weight is 235 g/mol. The van der Waals surface area contributed by atoms with Crippen molar-refractivity contribution in [2.24, 2.45) is 0 Å². The maximum atomic E-state index is 10.4. The summed E-state index contributed by atoms with van der Waals surface area (Å²) in [4.78, 5) is 12.6. The minimum Gasteiger partial charge on any atom is -0.481 e. The van der Waals surface area contributed by atoms with Gasteiger partial charge in [0.15, 0.2) is 0 Å². The number of carbonyl (C=O) groups is 1. The fraction of sp³-hybridized carbons (Fsp3) is 0.500. The Balaban J connectivity index is 2.44. The van der Waals surface area contributed by atoms with Crippen molar-refractivity contribution < 1.29 is 9.90 Å². The maximum Gasteiger partial charge on any atom is 0.303 e. The second-order valence-electron chi connectivity index (χ2n) is 4.73. The molecule has 3 heteroatoms. The van der Waals surface area contributed by atoms with E-state index in [2.05, 4.69) is 36.9 Å². The molecule has 0 bridgehead atoms. The summed E-state index contributed by atoms with van der Waals surface area (Å²) in [6, 6.07) is 6.52. The van der Waals surface area contributed by atoms with Crippen molar-refractivity contribution in [3.05, 3.63) is 34.9 Å². The van der Waals surface area contributed by atoms with Gasteiger partial charge in [-0.2, -0.15) is 0 Å². The summed E-state index contributed by atoms with van der Waals surface area (Å²) < 4.78 is 0. The van der Waals surface area contributed by atoms with E-state index in [0.29, 0.717) is 6.42 Å². The Labute approximate surface area is 103 Å². The lowest BCUT2D eigenvalue weighted by Crippen LogP contribution is -2.19. The van der Waals surface area contributed by atoms with Crippen LogP contribution in [-0.2, 0) is 11.3 Å². The first-order chi connectivity index (χ1) is 7.97. The second-order valence-corrected chi connectivity index (χ2v) is 4.73. The molecule has 1 aromatic carbocycles. The Kier molecular flexibility index (Phi) is 5.16. The van der Waals surface area contributed by atoms with Gasteiger partial charge >= 0.3 is 5.97 Å². The van der Waals surface area contributed by atoms with Gasteiger partial charge in [-0.25, -0.2) is 0 Å². The molecule has 0 radical (unpaired) electrons. The third-order valence-corrected chi connectivity index (χ3v) is 2.66. The first-order valence-electron chi connectivity index (χ1n) is 5.95. The van der Waals surface area contributed by atoms with E-state index in [1.807, 2.05) is 7.05 Å². The number of benzene rings is 1. The zero-order chi connectivity index (χ0) is 12.8. The third kappa shape index (κ3) is 5.50. The molecule has 0 amide bonds. The molecule has 0 spiro atoms. The number of aliphatic carboxylic acids is 1. The van der Waals surface area contributed by atoms with Gasteiger partial charge in [0.05, 0.1) is 0 Å². The highest BCUT2D eigenvalue weighted by Crippen LogP contribution is 2.11. The molecule has 0 saturated heterocycles. The van der Waals surface area contributed by atoms with Crippen molar-refractivity contribution in [3.63, 3.8) is 0 Å². The number of carboxylic acids is 1.